The van der Waals surface area contributed by atoms with Crippen LogP contribution in [0.3, 0.4) is 0 Å². The van der Waals surface area contributed by atoms with Crippen molar-refractivity contribution in [1.82, 2.24) is 4.45 Å². The number of nitrogens with one attached hydrogen (secondary N) is 2. The lowest BCUT2D eigenvalue weighted by Gasteiger charge is -2.08. The van der Waals surface area contributed by atoms with Crippen LogP contribution < -0.4 is 9.88 Å². The van der Waals surface area contributed by atoms with Crippen LogP contribution >= 0.6 is 28.6 Å². The fourth-order valence-corrected chi connectivity index (χ4v) is 1.06. The van der Waals surface area contributed by atoms with E-state index in [-0.39, 0.29) is 12.4 Å². The first-order chi connectivity index (χ1) is 6.04. The molecule has 0 aliphatic heterocycles. The van der Waals surface area contributed by atoms with E-state index in [1.807, 2.05) is 0 Å². The maximum Gasteiger partial charge on any atom is 0.416 e. The Morgan fingerprint density at radius 2 is 1.86 bits per heavy atom. The maximum atomic E-state index is 12.1. The number of anilines is 1. The summed E-state index contributed by atoms with van der Waals surface area (Å²) in [6, 6.07) is 4.87. The molecule has 1 aromatic rings. The second-order valence-electron chi connectivity index (χ2n) is 2.30. The highest BCUT2D eigenvalue weighted by atomic mass is 79.9. The molecule has 14 heavy (non-hydrogen) atoms. The summed E-state index contributed by atoms with van der Waals surface area (Å²) in [5, 5.41) is 0. The molecule has 1 aromatic carbocycles. The van der Waals surface area contributed by atoms with Crippen molar-refractivity contribution in [1.29, 1.82) is 0 Å². The molecule has 0 saturated carbocycles. The Balaban J connectivity index is 0.00000169. The molecule has 0 fully saturated rings. The van der Waals surface area contributed by atoms with Gasteiger partial charge in [-0.15, -0.1) is 12.4 Å². The minimum atomic E-state index is -4.30. The molecular weight excluding hydrogens is 284 g/mol. The molecule has 0 aromatic heterocycles. The number of rotatable bonds is 2. The number of halogens is 5. The first kappa shape index (κ1) is 13.5. The predicted octanol–water partition coefficient (Wildman–Crippen LogP) is 3.35. The topological polar surface area (TPSA) is 24.1 Å². The van der Waals surface area contributed by atoms with Crippen LogP contribution in [0.15, 0.2) is 24.3 Å². The van der Waals surface area contributed by atoms with Gasteiger partial charge in [-0.25, -0.2) is 0 Å². The summed E-state index contributed by atoms with van der Waals surface area (Å²) in [5.74, 6) is 0. The zero-order chi connectivity index (χ0) is 9.90. The standard InChI is InChI=1S/C7H6BrF3N2.ClH/c8-13-12-6-3-1-2-5(4-6)7(9,10)11;/h1-4,12-13H;1H. The third-order valence-electron chi connectivity index (χ3n) is 1.38. The summed E-state index contributed by atoms with van der Waals surface area (Å²) in [4.78, 5) is 0. The van der Waals surface area contributed by atoms with E-state index in [1.165, 1.54) is 12.1 Å². The van der Waals surface area contributed by atoms with Crippen LogP contribution in [0.4, 0.5) is 18.9 Å². The van der Waals surface area contributed by atoms with Gasteiger partial charge in [0.05, 0.1) is 11.3 Å². The van der Waals surface area contributed by atoms with E-state index in [0.717, 1.165) is 12.1 Å². The minimum absolute atomic E-state index is 0. The zero-order valence-electron chi connectivity index (χ0n) is 6.73. The average molecular weight is 291 g/mol. The fraction of sp³-hybridized carbons (Fsp3) is 0.143. The van der Waals surface area contributed by atoms with Gasteiger partial charge in [-0.05, 0) is 18.2 Å². The van der Waals surface area contributed by atoms with Crippen molar-refractivity contribution < 1.29 is 13.2 Å². The minimum Gasteiger partial charge on any atom is -0.312 e. The molecule has 2 N–H and O–H groups in total. The Morgan fingerprint density at radius 3 is 2.36 bits per heavy atom. The van der Waals surface area contributed by atoms with E-state index in [2.05, 4.69) is 26.0 Å². The molecule has 0 unspecified atom stereocenters. The summed E-state index contributed by atoms with van der Waals surface area (Å²) in [6.07, 6.45) is -4.30. The Morgan fingerprint density at radius 1 is 1.21 bits per heavy atom. The highest BCUT2D eigenvalue weighted by Crippen LogP contribution is 2.30. The van der Waals surface area contributed by atoms with Crippen molar-refractivity contribution in [2.45, 2.75) is 6.18 Å². The third-order valence-corrected chi connectivity index (χ3v) is 1.58. The summed E-state index contributed by atoms with van der Waals surface area (Å²) >= 11 is 2.82. The van der Waals surface area contributed by atoms with E-state index in [1.54, 1.807) is 0 Å². The van der Waals surface area contributed by atoms with Crippen LogP contribution in [0.2, 0.25) is 0 Å². The molecule has 7 heteroatoms. The maximum absolute atomic E-state index is 12.1. The van der Waals surface area contributed by atoms with Crippen molar-refractivity contribution in [3.8, 4) is 0 Å². The summed E-state index contributed by atoms with van der Waals surface area (Å²) in [6.45, 7) is 0. The first-order valence-corrected chi connectivity index (χ1v) is 4.12. The highest BCUT2D eigenvalue weighted by molar-refractivity contribution is 9.08. The lowest BCUT2D eigenvalue weighted by atomic mass is 10.2. The zero-order valence-corrected chi connectivity index (χ0v) is 9.13. The Bertz CT molecular complexity index is 293. The van der Waals surface area contributed by atoms with Gasteiger partial charge in [0.15, 0.2) is 0 Å². The molecule has 0 aliphatic carbocycles. The van der Waals surface area contributed by atoms with Gasteiger partial charge in [-0.3, -0.25) is 0 Å². The van der Waals surface area contributed by atoms with E-state index in [0.29, 0.717) is 5.69 Å². The molecule has 0 aliphatic rings. The van der Waals surface area contributed by atoms with Crippen LogP contribution in [0, 0.1) is 0 Å². The molecule has 0 saturated heterocycles. The lowest BCUT2D eigenvalue weighted by molar-refractivity contribution is -0.137. The van der Waals surface area contributed by atoms with Crippen LogP contribution in [-0.2, 0) is 6.18 Å². The predicted molar refractivity (Wildman–Crippen MR) is 54.4 cm³/mol. The molecule has 0 radical (unpaired) electrons. The molecular formula is C7H7BrClF3N2. The van der Waals surface area contributed by atoms with Crippen molar-refractivity contribution in [3.63, 3.8) is 0 Å². The number of hydrogen-bond acceptors (Lipinski definition) is 2. The Hall–Kier alpha value is -0.460. The average Bonchev–Trinajstić information content (AvgIpc) is 2.04. The number of hydrogen-bond donors (Lipinski definition) is 2. The van der Waals surface area contributed by atoms with Crippen molar-refractivity contribution in [2.75, 3.05) is 5.43 Å². The van der Waals surface area contributed by atoms with Gasteiger partial charge in [0, 0.05) is 16.1 Å². The van der Waals surface area contributed by atoms with E-state index in [4.69, 9.17) is 0 Å². The van der Waals surface area contributed by atoms with Gasteiger partial charge in [0.1, 0.15) is 0 Å². The Labute approximate surface area is 93.6 Å². The summed E-state index contributed by atoms with van der Waals surface area (Å²) in [7, 11) is 0. The van der Waals surface area contributed by atoms with Crippen LogP contribution in [0.5, 0.6) is 0 Å². The number of alkyl halides is 3. The van der Waals surface area contributed by atoms with Crippen molar-refractivity contribution >= 4 is 34.2 Å². The second-order valence-corrected chi connectivity index (χ2v) is 2.69. The van der Waals surface area contributed by atoms with Gasteiger partial charge in [0.25, 0.3) is 0 Å². The smallest absolute Gasteiger partial charge is 0.312 e. The molecule has 0 heterocycles. The normalized spacial score (nSPS) is 10.6. The molecule has 0 spiro atoms. The first-order valence-electron chi connectivity index (χ1n) is 3.33. The molecule has 0 amide bonds. The van der Waals surface area contributed by atoms with Gasteiger partial charge in [-0.1, -0.05) is 6.07 Å². The Kier molecular flexibility index (Phi) is 5.25. The second kappa shape index (κ2) is 5.43. The van der Waals surface area contributed by atoms with Crippen molar-refractivity contribution in [2.24, 2.45) is 0 Å². The fourth-order valence-electron chi connectivity index (χ4n) is 0.828. The van der Waals surface area contributed by atoms with Gasteiger partial charge in [0.2, 0.25) is 0 Å². The molecule has 0 atom stereocenters. The summed E-state index contributed by atoms with van der Waals surface area (Å²) in [5.41, 5.74) is 2.15. The molecule has 80 valence electrons. The largest absolute Gasteiger partial charge is 0.416 e. The van der Waals surface area contributed by atoms with E-state index >= 15 is 0 Å². The van der Waals surface area contributed by atoms with Crippen molar-refractivity contribution in [3.05, 3.63) is 29.8 Å². The van der Waals surface area contributed by atoms with Gasteiger partial charge >= 0.3 is 6.18 Å². The molecule has 2 nitrogen and oxygen atoms in total. The summed E-state index contributed by atoms with van der Waals surface area (Å²) < 4.78 is 38.8. The molecule has 0 bridgehead atoms. The van der Waals surface area contributed by atoms with E-state index < -0.39 is 11.7 Å². The van der Waals surface area contributed by atoms with Crippen LogP contribution in [0.1, 0.15) is 5.56 Å². The SMILES string of the molecule is Cl.FC(F)(F)c1cccc(NNBr)c1. The van der Waals surface area contributed by atoms with Gasteiger partial charge < -0.3 is 5.43 Å². The quantitative estimate of drug-likeness (QED) is 0.645. The van der Waals surface area contributed by atoms with E-state index in [9.17, 15) is 13.2 Å². The highest BCUT2D eigenvalue weighted by Gasteiger charge is 2.30. The number of hydrazine groups is 1. The van der Waals surface area contributed by atoms with Crippen LogP contribution in [0.25, 0.3) is 0 Å². The van der Waals surface area contributed by atoms with Gasteiger partial charge in [-0.2, -0.15) is 17.6 Å². The van der Waals surface area contributed by atoms with Crippen LogP contribution in [-0.4, -0.2) is 0 Å². The molecule has 1 rings (SSSR count). The lowest BCUT2D eigenvalue weighted by Crippen LogP contribution is -2.10. The third kappa shape index (κ3) is 3.73. The number of benzene rings is 1. The monoisotopic (exact) mass is 290 g/mol.